The number of ether oxygens (including phenoxy) is 1. The van der Waals surface area contributed by atoms with Crippen molar-refractivity contribution >= 4 is 17.9 Å². The monoisotopic (exact) mass is 287 g/mol. The average molecular weight is 287 g/mol. The van der Waals surface area contributed by atoms with Crippen molar-refractivity contribution in [3.63, 3.8) is 0 Å². The number of aliphatic carboxylic acids is 1. The van der Waals surface area contributed by atoms with Gasteiger partial charge in [0, 0.05) is 39.6 Å². The van der Waals surface area contributed by atoms with Gasteiger partial charge in [-0.05, 0) is 6.42 Å². The number of carbonyl (C=O) groups excluding carboxylic acids is 2. The molecule has 3 amide bonds. The fourth-order valence-corrected chi connectivity index (χ4v) is 1.94. The number of nitrogens with one attached hydrogen (secondary N) is 1. The lowest BCUT2D eigenvalue weighted by Gasteiger charge is -2.21. The predicted molar refractivity (Wildman–Crippen MR) is 70.3 cm³/mol. The Bertz CT molecular complexity index is 361. The Kier molecular flexibility index (Phi) is 6.78. The van der Waals surface area contributed by atoms with Crippen molar-refractivity contribution in [2.75, 3.05) is 45.9 Å². The SMILES string of the molecule is CC(=O)N1CCCN(C(=O)NCCOCC(=O)O)CC1. The Hall–Kier alpha value is -1.83. The van der Waals surface area contributed by atoms with Crippen molar-refractivity contribution < 1.29 is 24.2 Å². The van der Waals surface area contributed by atoms with Gasteiger partial charge in [0.15, 0.2) is 0 Å². The van der Waals surface area contributed by atoms with Crippen LogP contribution in [0.2, 0.25) is 0 Å². The van der Waals surface area contributed by atoms with E-state index in [4.69, 9.17) is 9.84 Å². The molecule has 0 radical (unpaired) electrons. The van der Waals surface area contributed by atoms with Crippen molar-refractivity contribution in [1.82, 2.24) is 15.1 Å². The number of nitrogens with zero attached hydrogens (tertiary/aromatic N) is 2. The van der Waals surface area contributed by atoms with E-state index in [1.807, 2.05) is 0 Å². The number of hydrogen-bond acceptors (Lipinski definition) is 4. The van der Waals surface area contributed by atoms with Crippen LogP contribution in [0.3, 0.4) is 0 Å². The van der Waals surface area contributed by atoms with Gasteiger partial charge in [-0.3, -0.25) is 4.79 Å². The van der Waals surface area contributed by atoms with Crippen LogP contribution in [-0.4, -0.2) is 78.8 Å². The van der Waals surface area contributed by atoms with Gasteiger partial charge in [-0.1, -0.05) is 0 Å². The average Bonchev–Trinajstić information content (AvgIpc) is 2.63. The van der Waals surface area contributed by atoms with E-state index in [1.165, 1.54) is 6.92 Å². The molecule has 0 aromatic rings. The Balaban J connectivity index is 2.22. The largest absolute Gasteiger partial charge is 0.480 e. The molecule has 0 aliphatic carbocycles. The van der Waals surface area contributed by atoms with E-state index in [-0.39, 0.29) is 31.7 Å². The summed E-state index contributed by atoms with van der Waals surface area (Å²) in [4.78, 5) is 36.7. The van der Waals surface area contributed by atoms with E-state index in [9.17, 15) is 14.4 Å². The lowest BCUT2D eigenvalue weighted by atomic mass is 10.4. The molecule has 1 saturated heterocycles. The lowest BCUT2D eigenvalue weighted by molar-refractivity contribution is -0.142. The summed E-state index contributed by atoms with van der Waals surface area (Å²) in [6.07, 6.45) is 0.752. The Morgan fingerprint density at radius 3 is 2.45 bits per heavy atom. The van der Waals surface area contributed by atoms with Crippen molar-refractivity contribution in [2.45, 2.75) is 13.3 Å². The summed E-state index contributed by atoms with van der Waals surface area (Å²) >= 11 is 0. The second kappa shape index (κ2) is 8.36. The molecule has 1 fully saturated rings. The summed E-state index contributed by atoms with van der Waals surface area (Å²) in [6, 6.07) is -0.214. The number of amides is 3. The molecule has 0 aromatic carbocycles. The molecule has 0 saturated carbocycles. The minimum Gasteiger partial charge on any atom is -0.480 e. The van der Waals surface area contributed by atoms with E-state index in [0.717, 1.165) is 6.42 Å². The highest BCUT2D eigenvalue weighted by molar-refractivity contribution is 5.75. The first-order valence-corrected chi connectivity index (χ1v) is 6.58. The van der Waals surface area contributed by atoms with Crippen LogP contribution in [0.15, 0.2) is 0 Å². The summed E-state index contributed by atoms with van der Waals surface area (Å²) < 4.78 is 4.82. The maximum absolute atomic E-state index is 11.9. The number of hydrogen-bond donors (Lipinski definition) is 2. The molecule has 1 heterocycles. The van der Waals surface area contributed by atoms with Gasteiger partial charge in [0.05, 0.1) is 6.61 Å². The zero-order chi connectivity index (χ0) is 15.0. The molecule has 114 valence electrons. The van der Waals surface area contributed by atoms with Crippen molar-refractivity contribution in [3.05, 3.63) is 0 Å². The minimum atomic E-state index is -1.03. The van der Waals surface area contributed by atoms with Crippen molar-refractivity contribution in [3.8, 4) is 0 Å². The van der Waals surface area contributed by atoms with Gasteiger partial charge in [-0.15, -0.1) is 0 Å². The fraction of sp³-hybridized carbons (Fsp3) is 0.750. The van der Waals surface area contributed by atoms with Gasteiger partial charge in [-0.2, -0.15) is 0 Å². The Labute approximate surface area is 117 Å². The molecule has 8 heteroatoms. The van der Waals surface area contributed by atoms with Crippen LogP contribution in [0.4, 0.5) is 4.79 Å². The third kappa shape index (κ3) is 5.87. The zero-order valence-electron chi connectivity index (χ0n) is 11.6. The maximum Gasteiger partial charge on any atom is 0.329 e. The molecule has 1 rings (SSSR count). The highest BCUT2D eigenvalue weighted by atomic mass is 16.5. The first-order chi connectivity index (χ1) is 9.50. The van der Waals surface area contributed by atoms with Gasteiger partial charge in [0.1, 0.15) is 6.61 Å². The first-order valence-electron chi connectivity index (χ1n) is 6.58. The lowest BCUT2D eigenvalue weighted by Crippen LogP contribution is -2.43. The van der Waals surface area contributed by atoms with Gasteiger partial charge in [0.2, 0.25) is 5.91 Å². The Morgan fingerprint density at radius 1 is 1.15 bits per heavy atom. The number of carboxylic acids is 1. The normalized spacial score (nSPS) is 15.7. The number of rotatable bonds is 5. The molecular weight excluding hydrogens is 266 g/mol. The summed E-state index contributed by atoms with van der Waals surface area (Å²) in [6.45, 7) is 3.89. The molecule has 8 nitrogen and oxygen atoms in total. The highest BCUT2D eigenvalue weighted by Gasteiger charge is 2.19. The van der Waals surface area contributed by atoms with Gasteiger partial charge >= 0.3 is 12.0 Å². The molecular formula is C12H21N3O5. The first kappa shape index (κ1) is 16.2. The topological polar surface area (TPSA) is 99.2 Å². The molecule has 0 bridgehead atoms. The summed E-state index contributed by atoms with van der Waals surface area (Å²) in [5.41, 5.74) is 0. The van der Waals surface area contributed by atoms with Crippen LogP contribution in [-0.2, 0) is 14.3 Å². The molecule has 0 unspecified atom stereocenters. The Morgan fingerprint density at radius 2 is 1.80 bits per heavy atom. The molecule has 20 heavy (non-hydrogen) atoms. The number of carboxylic acid groups (broad SMARTS) is 1. The molecule has 1 aliphatic heterocycles. The van der Waals surface area contributed by atoms with E-state index in [0.29, 0.717) is 26.2 Å². The van der Waals surface area contributed by atoms with Crippen LogP contribution >= 0.6 is 0 Å². The van der Waals surface area contributed by atoms with Gasteiger partial charge in [0.25, 0.3) is 0 Å². The third-order valence-corrected chi connectivity index (χ3v) is 2.98. The van der Waals surface area contributed by atoms with Crippen molar-refractivity contribution in [2.24, 2.45) is 0 Å². The van der Waals surface area contributed by atoms with Crippen LogP contribution < -0.4 is 5.32 Å². The summed E-state index contributed by atoms with van der Waals surface area (Å²) in [5, 5.41) is 11.0. The molecule has 0 spiro atoms. The van der Waals surface area contributed by atoms with Crippen LogP contribution in [0.5, 0.6) is 0 Å². The van der Waals surface area contributed by atoms with E-state index < -0.39 is 5.97 Å². The second-order valence-corrected chi connectivity index (χ2v) is 4.52. The molecule has 0 aromatic heterocycles. The zero-order valence-corrected chi connectivity index (χ0v) is 11.6. The summed E-state index contributed by atoms with van der Waals surface area (Å²) in [5.74, 6) is -1.01. The standard InChI is InChI=1S/C12H21N3O5/c1-10(16)14-4-2-5-15(7-6-14)12(19)13-3-8-20-9-11(17)18/h2-9H2,1H3,(H,13,19)(H,17,18). The molecule has 1 aliphatic rings. The van der Waals surface area contributed by atoms with Crippen LogP contribution in [0, 0.1) is 0 Å². The van der Waals surface area contributed by atoms with Crippen LogP contribution in [0.1, 0.15) is 13.3 Å². The maximum atomic E-state index is 11.9. The van der Waals surface area contributed by atoms with E-state index >= 15 is 0 Å². The van der Waals surface area contributed by atoms with E-state index in [1.54, 1.807) is 9.80 Å². The van der Waals surface area contributed by atoms with Gasteiger partial charge in [-0.25, -0.2) is 9.59 Å². The van der Waals surface area contributed by atoms with Crippen molar-refractivity contribution in [1.29, 1.82) is 0 Å². The number of carbonyl (C=O) groups is 3. The molecule has 0 atom stereocenters. The summed E-state index contributed by atoms with van der Waals surface area (Å²) in [7, 11) is 0. The van der Waals surface area contributed by atoms with E-state index in [2.05, 4.69) is 5.32 Å². The minimum absolute atomic E-state index is 0.0225. The smallest absolute Gasteiger partial charge is 0.329 e. The number of urea groups is 1. The second-order valence-electron chi connectivity index (χ2n) is 4.52. The quantitative estimate of drug-likeness (QED) is 0.655. The van der Waals surface area contributed by atoms with Crippen LogP contribution in [0.25, 0.3) is 0 Å². The fourth-order valence-electron chi connectivity index (χ4n) is 1.94. The predicted octanol–water partition coefficient (Wildman–Crippen LogP) is -0.649. The highest BCUT2D eigenvalue weighted by Crippen LogP contribution is 2.03. The van der Waals surface area contributed by atoms with Gasteiger partial charge < -0.3 is 25.0 Å². The molecule has 2 N–H and O–H groups in total. The third-order valence-electron chi connectivity index (χ3n) is 2.98.